The quantitative estimate of drug-likeness (QED) is 0.749. The Bertz CT molecular complexity index is 307. The molecule has 0 unspecified atom stereocenters. The average Bonchev–Trinajstić information content (AvgIpc) is 2.18. The molecule has 0 atom stereocenters. The van der Waals surface area contributed by atoms with Crippen LogP contribution in [-0.4, -0.2) is 19.2 Å². The summed E-state index contributed by atoms with van der Waals surface area (Å²) in [5.74, 6) is 0.962. The molecule has 0 saturated carbocycles. The molecular weight excluding hydrogens is 186 g/mol. The molecule has 0 radical (unpaired) electrons. The Kier molecular flexibility index (Phi) is 4.63. The van der Waals surface area contributed by atoms with Crippen molar-refractivity contribution in [1.82, 2.24) is 5.32 Å². The summed E-state index contributed by atoms with van der Waals surface area (Å²) in [6.45, 7) is 10.1. The van der Waals surface area contributed by atoms with Crippen LogP contribution in [0.2, 0.25) is 0 Å². The largest absolute Gasteiger partial charge is 0.492 e. The Balaban J connectivity index is 2.35. The second-order valence-electron chi connectivity index (χ2n) is 4.20. The predicted molar refractivity (Wildman–Crippen MR) is 64.5 cm³/mol. The minimum Gasteiger partial charge on any atom is -0.492 e. The van der Waals surface area contributed by atoms with Crippen LogP contribution >= 0.6 is 0 Å². The summed E-state index contributed by atoms with van der Waals surface area (Å²) in [6, 6.07) is 6.73. The van der Waals surface area contributed by atoms with Crippen LogP contribution in [0.1, 0.15) is 25.0 Å². The van der Waals surface area contributed by atoms with Gasteiger partial charge in [-0.15, -0.1) is 0 Å². The fourth-order valence-electron chi connectivity index (χ4n) is 1.32. The normalized spacial score (nSPS) is 10.7. The van der Waals surface area contributed by atoms with Gasteiger partial charge in [-0.25, -0.2) is 0 Å². The van der Waals surface area contributed by atoms with Gasteiger partial charge in [0, 0.05) is 12.6 Å². The fourth-order valence-corrected chi connectivity index (χ4v) is 1.32. The van der Waals surface area contributed by atoms with Gasteiger partial charge in [0.2, 0.25) is 0 Å². The molecule has 0 fully saturated rings. The van der Waals surface area contributed by atoms with Crippen LogP contribution in [0.5, 0.6) is 5.75 Å². The fraction of sp³-hybridized carbons (Fsp3) is 0.538. The minimum absolute atomic E-state index is 0.522. The summed E-state index contributed by atoms with van der Waals surface area (Å²) in [5.41, 5.74) is 2.59. The van der Waals surface area contributed by atoms with Crippen molar-refractivity contribution in [2.75, 3.05) is 13.2 Å². The summed E-state index contributed by atoms with van der Waals surface area (Å²) in [7, 11) is 0. The Morgan fingerprint density at radius 1 is 1.20 bits per heavy atom. The highest BCUT2D eigenvalue weighted by atomic mass is 16.5. The maximum Gasteiger partial charge on any atom is 0.119 e. The first kappa shape index (κ1) is 12.1. The van der Waals surface area contributed by atoms with Gasteiger partial charge >= 0.3 is 0 Å². The van der Waals surface area contributed by atoms with E-state index in [2.05, 4.69) is 45.1 Å². The summed E-state index contributed by atoms with van der Waals surface area (Å²) < 4.78 is 5.63. The molecule has 1 N–H and O–H groups in total. The van der Waals surface area contributed by atoms with Crippen molar-refractivity contribution in [3.05, 3.63) is 29.3 Å². The Labute approximate surface area is 92.6 Å². The Morgan fingerprint density at radius 2 is 1.93 bits per heavy atom. The number of hydrogen-bond donors (Lipinski definition) is 1. The summed E-state index contributed by atoms with van der Waals surface area (Å²) >= 11 is 0. The number of rotatable bonds is 5. The minimum atomic E-state index is 0.522. The Morgan fingerprint density at radius 3 is 2.53 bits per heavy atom. The molecule has 0 spiro atoms. The molecule has 0 heterocycles. The number of benzene rings is 1. The van der Waals surface area contributed by atoms with Crippen molar-refractivity contribution in [3.63, 3.8) is 0 Å². The molecule has 15 heavy (non-hydrogen) atoms. The number of ether oxygens (including phenoxy) is 1. The highest BCUT2D eigenvalue weighted by Gasteiger charge is 1.97. The van der Waals surface area contributed by atoms with Gasteiger partial charge in [-0.05, 0) is 37.1 Å². The average molecular weight is 207 g/mol. The lowest BCUT2D eigenvalue weighted by Crippen LogP contribution is -2.27. The molecule has 84 valence electrons. The topological polar surface area (TPSA) is 21.3 Å². The van der Waals surface area contributed by atoms with E-state index >= 15 is 0 Å². The van der Waals surface area contributed by atoms with Crippen LogP contribution in [0, 0.1) is 13.8 Å². The van der Waals surface area contributed by atoms with Crippen LogP contribution in [0.25, 0.3) is 0 Å². The standard InChI is InChI=1S/C13H21NO/c1-10(2)14-7-8-15-13-6-5-11(3)12(4)9-13/h5-6,9-10,14H,7-8H2,1-4H3. The van der Waals surface area contributed by atoms with Crippen molar-refractivity contribution in [3.8, 4) is 5.75 Å². The molecule has 0 amide bonds. The zero-order valence-corrected chi connectivity index (χ0v) is 10.1. The van der Waals surface area contributed by atoms with Gasteiger partial charge in [0.15, 0.2) is 0 Å². The summed E-state index contributed by atoms with van der Waals surface area (Å²) in [4.78, 5) is 0. The SMILES string of the molecule is Cc1ccc(OCCNC(C)C)cc1C. The van der Waals surface area contributed by atoms with Gasteiger partial charge in [-0.1, -0.05) is 19.9 Å². The molecular formula is C13H21NO. The molecule has 1 aromatic rings. The third-order valence-corrected chi connectivity index (χ3v) is 2.40. The molecule has 1 aromatic carbocycles. The lowest BCUT2D eigenvalue weighted by molar-refractivity contribution is 0.308. The smallest absolute Gasteiger partial charge is 0.119 e. The zero-order chi connectivity index (χ0) is 11.3. The monoisotopic (exact) mass is 207 g/mol. The molecule has 0 aliphatic rings. The second kappa shape index (κ2) is 5.76. The van der Waals surface area contributed by atoms with E-state index in [1.807, 2.05) is 6.07 Å². The highest BCUT2D eigenvalue weighted by molar-refractivity contribution is 5.33. The van der Waals surface area contributed by atoms with Crippen molar-refractivity contribution < 1.29 is 4.74 Å². The van der Waals surface area contributed by atoms with Crippen molar-refractivity contribution in [2.45, 2.75) is 33.7 Å². The van der Waals surface area contributed by atoms with E-state index in [1.165, 1.54) is 11.1 Å². The first-order chi connectivity index (χ1) is 7.09. The predicted octanol–water partition coefficient (Wildman–Crippen LogP) is 2.68. The van der Waals surface area contributed by atoms with Crippen LogP contribution in [0.3, 0.4) is 0 Å². The maximum atomic E-state index is 5.63. The van der Waals surface area contributed by atoms with E-state index in [9.17, 15) is 0 Å². The van der Waals surface area contributed by atoms with E-state index in [-0.39, 0.29) is 0 Å². The Hall–Kier alpha value is -1.02. The molecule has 2 nitrogen and oxygen atoms in total. The zero-order valence-electron chi connectivity index (χ0n) is 10.1. The molecule has 2 heteroatoms. The van der Waals surface area contributed by atoms with Gasteiger partial charge in [-0.3, -0.25) is 0 Å². The second-order valence-corrected chi connectivity index (χ2v) is 4.20. The van der Waals surface area contributed by atoms with E-state index in [0.29, 0.717) is 6.04 Å². The molecule has 0 bridgehead atoms. The lowest BCUT2D eigenvalue weighted by atomic mass is 10.1. The van der Waals surface area contributed by atoms with Gasteiger partial charge in [0.25, 0.3) is 0 Å². The van der Waals surface area contributed by atoms with E-state index in [4.69, 9.17) is 4.74 Å². The number of aryl methyl sites for hydroxylation is 2. The van der Waals surface area contributed by atoms with Crippen LogP contribution in [0.4, 0.5) is 0 Å². The van der Waals surface area contributed by atoms with Crippen LogP contribution in [-0.2, 0) is 0 Å². The lowest BCUT2D eigenvalue weighted by Gasteiger charge is -2.10. The van der Waals surface area contributed by atoms with Crippen molar-refractivity contribution in [2.24, 2.45) is 0 Å². The number of hydrogen-bond acceptors (Lipinski definition) is 2. The van der Waals surface area contributed by atoms with Crippen LogP contribution in [0.15, 0.2) is 18.2 Å². The van der Waals surface area contributed by atoms with Gasteiger partial charge in [0.1, 0.15) is 12.4 Å². The molecule has 1 rings (SSSR count). The van der Waals surface area contributed by atoms with Crippen LogP contribution < -0.4 is 10.1 Å². The molecule has 0 aromatic heterocycles. The van der Waals surface area contributed by atoms with Gasteiger partial charge in [-0.2, -0.15) is 0 Å². The summed E-state index contributed by atoms with van der Waals surface area (Å²) in [6.07, 6.45) is 0. The van der Waals surface area contributed by atoms with Crippen molar-refractivity contribution in [1.29, 1.82) is 0 Å². The van der Waals surface area contributed by atoms with E-state index in [0.717, 1.165) is 18.9 Å². The molecule has 0 saturated heterocycles. The third-order valence-electron chi connectivity index (χ3n) is 2.40. The van der Waals surface area contributed by atoms with Crippen molar-refractivity contribution >= 4 is 0 Å². The molecule has 0 aliphatic carbocycles. The third kappa shape index (κ3) is 4.34. The van der Waals surface area contributed by atoms with E-state index in [1.54, 1.807) is 0 Å². The first-order valence-corrected chi connectivity index (χ1v) is 5.53. The number of nitrogens with one attached hydrogen (secondary N) is 1. The van der Waals surface area contributed by atoms with Gasteiger partial charge in [0.05, 0.1) is 0 Å². The molecule has 0 aliphatic heterocycles. The highest BCUT2D eigenvalue weighted by Crippen LogP contribution is 2.15. The maximum absolute atomic E-state index is 5.63. The van der Waals surface area contributed by atoms with Gasteiger partial charge < -0.3 is 10.1 Å². The first-order valence-electron chi connectivity index (χ1n) is 5.53. The van der Waals surface area contributed by atoms with E-state index < -0.39 is 0 Å². The summed E-state index contributed by atoms with van der Waals surface area (Å²) in [5, 5.41) is 3.32.